The Morgan fingerprint density at radius 1 is 1.37 bits per heavy atom. The summed E-state index contributed by atoms with van der Waals surface area (Å²) in [6.45, 7) is 5.54. The van der Waals surface area contributed by atoms with Gasteiger partial charge in [-0.3, -0.25) is 19.1 Å². The van der Waals surface area contributed by atoms with Crippen molar-refractivity contribution in [2.75, 3.05) is 13.1 Å². The molecule has 1 saturated heterocycles. The number of hydrogen-bond acceptors (Lipinski definition) is 5. The van der Waals surface area contributed by atoms with E-state index in [1.165, 1.54) is 16.8 Å². The molecular formula is C17H25Cl2N5O3. The van der Waals surface area contributed by atoms with Crippen LogP contribution in [-0.4, -0.2) is 44.5 Å². The highest BCUT2D eigenvalue weighted by atomic mass is 35.5. The SMILES string of the molecule is CCCn1c(=O)[nH]c(=O)c2cc(C(=O)N3CC(CN)CC3C)cnc21.Cl.Cl. The third kappa shape index (κ3) is 4.34. The Hall–Kier alpha value is -1.90. The molecule has 0 radical (unpaired) electrons. The highest BCUT2D eigenvalue weighted by Gasteiger charge is 2.32. The lowest BCUT2D eigenvalue weighted by atomic mass is 10.1. The maximum Gasteiger partial charge on any atom is 0.329 e. The smallest absolute Gasteiger partial charge is 0.329 e. The number of rotatable bonds is 4. The van der Waals surface area contributed by atoms with Crippen LogP contribution in [-0.2, 0) is 6.54 Å². The molecular weight excluding hydrogens is 393 g/mol. The fourth-order valence-corrected chi connectivity index (χ4v) is 3.48. The van der Waals surface area contributed by atoms with Crippen LogP contribution < -0.4 is 17.0 Å². The van der Waals surface area contributed by atoms with E-state index in [-0.39, 0.29) is 42.1 Å². The molecule has 1 aliphatic heterocycles. The van der Waals surface area contributed by atoms with Crippen LogP contribution in [0.1, 0.15) is 37.0 Å². The van der Waals surface area contributed by atoms with E-state index in [0.717, 1.165) is 12.8 Å². The Labute approximate surface area is 169 Å². The average Bonchev–Trinajstić information content (AvgIpc) is 2.98. The Morgan fingerprint density at radius 3 is 2.67 bits per heavy atom. The van der Waals surface area contributed by atoms with Crippen molar-refractivity contribution in [3.63, 3.8) is 0 Å². The Bertz CT molecular complexity index is 927. The van der Waals surface area contributed by atoms with E-state index in [1.54, 1.807) is 4.90 Å². The minimum absolute atomic E-state index is 0. The van der Waals surface area contributed by atoms with Crippen LogP contribution in [0.25, 0.3) is 11.0 Å². The van der Waals surface area contributed by atoms with Crippen molar-refractivity contribution in [3.05, 3.63) is 38.7 Å². The van der Waals surface area contributed by atoms with Gasteiger partial charge in [0.25, 0.3) is 11.5 Å². The van der Waals surface area contributed by atoms with Crippen molar-refractivity contribution in [3.8, 4) is 0 Å². The summed E-state index contributed by atoms with van der Waals surface area (Å²) in [4.78, 5) is 45.3. The van der Waals surface area contributed by atoms with Gasteiger partial charge in [0.2, 0.25) is 0 Å². The number of nitrogens with one attached hydrogen (secondary N) is 1. The van der Waals surface area contributed by atoms with E-state index in [0.29, 0.717) is 36.8 Å². The predicted octanol–water partition coefficient (Wildman–Crippen LogP) is 1.15. The van der Waals surface area contributed by atoms with Gasteiger partial charge in [0.15, 0.2) is 0 Å². The summed E-state index contributed by atoms with van der Waals surface area (Å²) in [5.41, 5.74) is 5.37. The Balaban J connectivity index is 0.00000182. The molecule has 150 valence electrons. The summed E-state index contributed by atoms with van der Waals surface area (Å²) in [6.07, 6.45) is 3.05. The van der Waals surface area contributed by atoms with Gasteiger partial charge in [-0.05, 0) is 38.3 Å². The summed E-state index contributed by atoms with van der Waals surface area (Å²) in [5.74, 6) is 0.135. The van der Waals surface area contributed by atoms with Crippen molar-refractivity contribution in [1.29, 1.82) is 0 Å². The van der Waals surface area contributed by atoms with E-state index in [1.807, 2.05) is 13.8 Å². The van der Waals surface area contributed by atoms with E-state index in [9.17, 15) is 14.4 Å². The molecule has 2 atom stereocenters. The van der Waals surface area contributed by atoms with Gasteiger partial charge < -0.3 is 10.6 Å². The summed E-state index contributed by atoms with van der Waals surface area (Å²) in [7, 11) is 0. The van der Waals surface area contributed by atoms with E-state index in [2.05, 4.69) is 9.97 Å². The van der Waals surface area contributed by atoms with Gasteiger partial charge in [-0.25, -0.2) is 9.78 Å². The van der Waals surface area contributed by atoms with Crippen LogP contribution in [0.3, 0.4) is 0 Å². The second-order valence-electron chi connectivity index (χ2n) is 6.65. The number of pyridine rings is 1. The van der Waals surface area contributed by atoms with Gasteiger partial charge >= 0.3 is 5.69 Å². The molecule has 1 amide bonds. The molecule has 3 rings (SSSR count). The van der Waals surface area contributed by atoms with Crippen LogP contribution >= 0.6 is 24.8 Å². The van der Waals surface area contributed by atoms with Gasteiger partial charge in [-0.1, -0.05) is 6.92 Å². The second kappa shape index (κ2) is 9.34. The summed E-state index contributed by atoms with van der Waals surface area (Å²) >= 11 is 0. The van der Waals surface area contributed by atoms with Crippen LogP contribution in [0.5, 0.6) is 0 Å². The molecule has 27 heavy (non-hydrogen) atoms. The molecule has 0 spiro atoms. The zero-order chi connectivity index (χ0) is 18.1. The molecule has 0 saturated carbocycles. The van der Waals surface area contributed by atoms with Crippen molar-refractivity contribution in [2.24, 2.45) is 11.7 Å². The molecule has 0 aliphatic carbocycles. The number of carbonyl (C=O) groups is 1. The number of amides is 1. The third-order valence-electron chi connectivity index (χ3n) is 4.78. The molecule has 3 N–H and O–H groups in total. The summed E-state index contributed by atoms with van der Waals surface area (Å²) in [5, 5.41) is 0.251. The lowest BCUT2D eigenvalue weighted by Crippen LogP contribution is -2.35. The van der Waals surface area contributed by atoms with Crippen molar-refractivity contribution < 1.29 is 4.79 Å². The Kier molecular flexibility index (Phi) is 8.01. The number of nitrogens with two attached hydrogens (primary N) is 1. The topological polar surface area (TPSA) is 114 Å². The van der Waals surface area contributed by atoms with Gasteiger partial charge in [0.05, 0.1) is 10.9 Å². The van der Waals surface area contributed by atoms with Crippen molar-refractivity contribution >= 4 is 41.8 Å². The fraction of sp³-hybridized carbons (Fsp3) is 0.529. The highest BCUT2D eigenvalue weighted by Crippen LogP contribution is 2.24. The standard InChI is InChI=1S/C17H23N5O3.2ClH/c1-3-4-21-14-13(15(23)20-17(21)25)6-12(8-19-14)16(24)22-9-11(7-18)5-10(22)2;;/h6,8,10-11H,3-5,7,9,18H2,1-2H3,(H,20,23,25);2*1H. The minimum Gasteiger partial charge on any atom is -0.336 e. The molecule has 0 bridgehead atoms. The second-order valence-corrected chi connectivity index (χ2v) is 6.65. The number of aromatic nitrogens is 3. The number of aromatic amines is 1. The Morgan fingerprint density at radius 2 is 2.07 bits per heavy atom. The molecule has 0 aromatic carbocycles. The lowest BCUT2D eigenvalue weighted by Gasteiger charge is -2.21. The first-order chi connectivity index (χ1) is 12.0. The van der Waals surface area contributed by atoms with Crippen molar-refractivity contribution in [1.82, 2.24) is 19.4 Å². The molecule has 3 heterocycles. The molecule has 2 aromatic heterocycles. The largest absolute Gasteiger partial charge is 0.336 e. The quantitative estimate of drug-likeness (QED) is 0.773. The predicted molar refractivity (Wildman–Crippen MR) is 109 cm³/mol. The zero-order valence-corrected chi connectivity index (χ0v) is 16.9. The fourth-order valence-electron chi connectivity index (χ4n) is 3.48. The number of H-pyrrole nitrogens is 1. The number of aryl methyl sites for hydroxylation is 1. The monoisotopic (exact) mass is 417 g/mol. The van der Waals surface area contributed by atoms with E-state index in [4.69, 9.17) is 5.73 Å². The lowest BCUT2D eigenvalue weighted by molar-refractivity contribution is 0.0743. The van der Waals surface area contributed by atoms with Gasteiger partial charge in [0, 0.05) is 25.3 Å². The van der Waals surface area contributed by atoms with Gasteiger partial charge in [0.1, 0.15) is 5.65 Å². The van der Waals surface area contributed by atoms with Crippen molar-refractivity contribution in [2.45, 2.75) is 39.3 Å². The molecule has 2 unspecified atom stereocenters. The molecule has 10 heteroatoms. The first kappa shape index (κ1) is 23.1. The average molecular weight is 418 g/mol. The molecule has 1 fully saturated rings. The van der Waals surface area contributed by atoms with Crippen LogP contribution in [0.4, 0.5) is 0 Å². The molecule has 2 aromatic rings. The van der Waals surface area contributed by atoms with Gasteiger partial charge in [-0.15, -0.1) is 24.8 Å². The molecule has 1 aliphatic rings. The number of halogens is 2. The zero-order valence-electron chi connectivity index (χ0n) is 15.3. The first-order valence-corrected chi connectivity index (χ1v) is 8.60. The first-order valence-electron chi connectivity index (χ1n) is 8.60. The molecule has 8 nitrogen and oxygen atoms in total. The summed E-state index contributed by atoms with van der Waals surface area (Å²) in [6, 6.07) is 1.63. The summed E-state index contributed by atoms with van der Waals surface area (Å²) < 4.78 is 1.42. The van der Waals surface area contributed by atoms with Crippen LogP contribution in [0.15, 0.2) is 21.9 Å². The van der Waals surface area contributed by atoms with Crippen LogP contribution in [0.2, 0.25) is 0 Å². The van der Waals surface area contributed by atoms with E-state index >= 15 is 0 Å². The van der Waals surface area contributed by atoms with Crippen LogP contribution in [0, 0.1) is 5.92 Å². The number of fused-ring (bicyclic) bond motifs is 1. The number of hydrogen-bond donors (Lipinski definition) is 2. The van der Waals surface area contributed by atoms with Gasteiger partial charge in [-0.2, -0.15) is 0 Å². The third-order valence-corrected chi connectivity index (χ3v) is 4.78. The minimum atomic E-state index is -0.524. The maximum absolute atomic E-state index is 12.8. The number of nitrogens with zero attached hydrogens (tertiary/aromatic N) is 3. The van der Waals surface area contributed by atoms with E-state index < -0.39 is 11.2 Å². The highest BCUT2D eigenvalue weighted by molar-refractivity contribution is 5.97. The maximum atomic E-state index is 12.8. The number of carbonyl (C=O) groups excluding carboxylic acids is 1. The number of likely N-dealkylation sites (tertiary alicyclic amines) is 1. The normalized spacial score (nSPS) is 18.9.